The minimum absolute atomic E-state index is 0.206. The first-order valence-corrected chi connectivity index (χ1v) is 7.10. The highest BCUT2D eigenvalue weighted by Gasteiger charge is 2.24. The Hall–Kier alpha value is -1.55. The van der Waals surface area contributed by atoms with Gasteiger partial charge in [0.05, 0.1) is 23.7 Å². The van der Waals surface area contributed by atoms with Crippen LogP contribution in [0.2, 0.25) is 0 Å². The number of fused-ring (bicyclic) bond motifs is 1. The number of aromatic nitrogens is 2. The Balaban J connectivity index is 2.03. The number of aryl methyl sites for hydroxylation is 1. The zero-order chi connectivity index (χ0) is 13.2. The van der Waals surface area contributed by atoms with E-state index in [2.05, 4.69) is 22.6 Å². The van der Waals surface area contributed by atoms with Gasteiger partial charge >= 0.3 is 0 Å². The average molecular weight is 259 g/mol. The van der Waals surface area contributed by atoms with Crippen LogP contribution in [0.25, 0.3) is 11.0 Å². The molecule has 1 aliphatic rings. The van der Waals surface area contributed by atoms with E-state index in [1.807, 2.05) is 18.2 Å². The number of imidazole rings is 1. The van der Waals surface area contributed by atoms with Gasteiger partial charge in [-0.1, -0.05) is 25.0 Å². The highest BCUT2D eigenvalue weighted by molar-refractivity contribution is 5.78. The van der Waals surface area contributed by atoms with Crippen LogP contribution in [0.3, 0.4) is 0 Å². The first-order chi connectivity index (χ1) is 9.31. The van der Waals surface area contributed by atoms with Crippen molar-refractivity contribution in [1.29, 1.82) is 0 Å². The number of para-hydroxylation sites is 2. The molecule has 1 aliphatic heterocycles. The molecule has 4 heteroatoms. The molecule has 1 atom stereocenters. The van der Waals surface area contributed by atoms with E-state index in [4.69, 9.17) is 4.98 Å². The summed E-state index contributed by atoms with van der Waals surface area (Å²) in [5.74, 6) is 0.988. The lowest BCUT2D eigenvalue weighted by Crippen LogP contribution is -2.39. The molecule has 0 radical (unpaired) electrons. The van der Waals surface area contributed by atoms with E-state index in [1.54, 1.807) is 0 Å². The van der Waals surface area contributed by atoms with Crippen LogP contribution in [-0.4, -0.2) is 33.9 Å². The van der Waals surface area contributed by atoms with Crippen LogP contribution in [0.1, 0.15) is 25.7 Å². The number of rotatable bonds is 2. The molecule has 4 nitrogen and oxygen atoms in total. The molecular formula is C15H21N3O. The molecule has 0 spiro atoms. The van der Waals surface area contributed by atoms with Crippen LogP contribution in [0.4, 0.5) is 5.95 Å². The quantitative estimate of drug-likeness (QED) is 0.900. The normalized spacial score (nSPS) is 20.7. The van der Waals surface area contributed by atoms with Gasteiger partial charge in [-0.25, -0.2) is 4.98 Å². The van der Waals surface area contributed by atoms with E-state index in [0.717, 1.165) is 29.9 Å². The summed E-state index contributed by atoms with van der Waals surface area (Å²) in [6.07, 6.45) is 4.68. The molecule has 3 rings (SSSR count). The van der Waals surface area contributed by atoms with Crippen molar-refractivity contribution in [2.75, 3.05) is 18.1 Å². The molecule has 0 bridgehead atoms. The zero-order valence-electron chi connectivity index (χ0n) is 11.4. The number of hydrogen-bond acceptors (Lipinski definition) is 3. The van der Waals surface area contributed by atoms with Gasteiger partial charge in [-0.15, -0.1) is 0 Å². The Bertz CT molecular complexity index is 564. The molecule has 19 heavy (non-hydrogen) atoms. The first kappa shape index (κ1) is 12.5. The third-order valence-corrected chi connectivity index (χ3v) is 4.11. The van der Waals surface area contributed by atoms with Crippen molar-refractivity contribution in [1.82, 2.24) is 9.55 Å². The van der Waals surface area contributed by atoms with Crippen molar-refractivity contribution in [2.45, 2.75) is 31.7 Å². The van der Waals surface area contributed by atoms with Gasteiger partial charge < -0.3 is 14.6 Å². The maximum Gasteiger partial charge on any atom is 0.206 e. The molecule has 0 aliphatic carbocycles. The lowest BCUT2D eigenvalue weighted by atomic mass is 10.1. The fraction of sp³-hybridized carbons (Fsp3) is 0.533. The number of hydrogen-bond donors (Lipinski definition) is 1. The standard InChI is InChI=1S/C15H21N3O/c1-17-14-9-5-4-8-13(14)16-15(17)18-10-6-2-3-7-12(18)11-19/h4-5,8-9,12,19H,2-3,6-7,10-11H2,1H3. The van der Waals surface area contributed by atoms with Crippen molar-refractivity contribution in [3.05, 3.63) is 24.3 Å². The van der Waals surface area contributed by atoms with Gasteiger partial charge in [0.1, 0.15) is 0 Å². The second kappa shape index (κ2) is 5.21. The molecule has 0 saturated carbocycles. The highest BCUT2D eigenvalue weighted by Crippen LogP contribution is 2.26. The Morgan fingerprint density at radius 1 is 1.26 bits per heavy atom. The number of aliphatic hydroxyl groups is 1. The molecule has 1 aromatic heterocycles. The first-order valence-electron chi connectivity index (χ1n) is 7.10. The second-order valence-corrected chi connectivity index (χ2v) is 5.34. The zero-order valence-corrected chi connectivity index (χ0v) is 11.4. The highest BCUT2D eigenvalue weighted by atomic mass is 16.3. The average Bonchev–Trinajstić information content (AvgIpc) is 2.64. The summed E-state index contributed by atoms with van der Waals surface area (Å²) in [7, 11) is 2.06. The van der Waals surface area contributed by atoms with Gasteiger partial charge in [0.25, 0.3) is 0 Å². The van der Waals surface area contributed by atoms with Gasteiger partial charge in [-0.3, -0.25) is 0 Å². The van der Waals surface area contributed by atoms with Gasteiger partial charge in [-0.05, 0) is 25.0 Å². The van der Waals surface area contributed by atoms with Gasteiger partial charge in [0.15, 0.2) is 0 Å². The second-order valence-electron chi connectivity index (χ2n) is 5.34. The number of aliphatic hydroxyl groups excluding tert-OH is 1. The molecule has 1 N–H and O–H groups in total. The van der Waals surface area contributed by atoms with Crippen LogP contribution < -0.4 is 4.90 Å². The monoisotopic (exact) mass is 259 g/mol. The van der Waals surface area contributed by atoms with Crippen molar-refractivity contribution in [3.8, 4) is 0 Å². The predicted octanol–water partition coefficient (Wildman–Crippen LogP) is 2.31. The number of nitrogens with zero attached hydrogens (tertiary/aromatic N) is 3. The van der Waals surface area contributed by atoms with Gasteiger partial charge in [0.2, 0.25) is 5.95 Å². The van der Waals surface area contributed by atoms with Crippen LogP contribution >= 0.6 is 0 Å². The topological polar surface area (TPSA) is 41.3 Å². The van der Waals surface area contributed by atoms with Gasteiger partial charge in [-0.2, -0.15) is 0 Å². The Morgan fingerprint density at radius 3 is 2.89 bits per heavy atom. The minimum Gasteiger partial charge on any atom is -0.394 e. The van der Waals surface area contributed by atoms with E-state index >= 15 is 0 Å². The summed E-state index contributed by atoms with van der Waals surface area (Å²) in [6, 6.07) is 8.41. The molecule has 1 unspecified atom stereocenters. The van der Waals surface area contributed by atoms with E-state index < -0.39 is 0 Å². The summed E-state index contributed by atoms with van der Waals surface area (Å²) in [4.78, 5) is 7.04. The number of benzene rings is 1. The fourth-order valence-electron chi connectivity index (χ4n) is 3.02. The summed E-state index contributed by atoms with van der Waals surface area (Å²) in [5, 5.41) is 9.63. The Labute approximate surface area is 113 Å². The summed E-state index contributed by atoms with van der Waals surface area (Å²) >= 11 is 0. The third-order valence-electron chi connectivity index (χ3n) is 4.11. The van der Waals surface area contributed by atoms with Crippen LogP contribution in [0, 0.1) is 0 Å². The van der Waals surface area contributed by atoms with E-state index in [-0.39, 0.29) is 12.6 Å². The maximum atomic E-state index is 9.63. The fourth-order valence-corrected chi connectivity index (χ4v) is 3.02. The lowest BCUT2D eigenvalue weighted by Gasteiger charge is -2.29. The van der Waals surface area contributed by atoms with E-state index in [1.165, 1.54) is 19.3 Å². The third kappa shape index (κ3) is 2.21. The molecule has 1 fully saturated rings. The Morgan fingerprint density at radius 2 is 2.11 bits per heavy atom. The SMILES string of the molecule is Cn1c(N2CCCCCC2CO)nc2ccccc21. The summed E-state index contributed by atoms with van der Waals surface area (Å²) < 4.78 is 2.14. The molecule has 2 heterocycles. The molecule has 1 saturated heterocycles. The summed E-state index contributed by atoms with van der Waals surface area (Å²) in [5.41, 5.74) is 2.18. The van der Waals surface area contributed by atoms with Crippen molar-refractivity contribution in [2.24, 2.45) is 7.05 Å². The molecule has 1 aromatic carbocycles. The van der Waals surface area contributed by atoms with E-state index in [9.17, 15) is 5.11 Å². The lowest BCUT2D eigenvalue weighted by molar-refractivity contribution is 0.253. The van der Waals surface area contributed by atoms with Crippen LogP contribution in [0.15, 0.2) is 24.3 Å². The molecule has 0 amide bonds. The smallest absolute Gasteiger partial charge is 0.206 e. The summed E-state index contributed by atoms with van der Waals surface area (Å²) in [6.45, 7) is 1.20. The van der Waals surface area contributed by atoms with Gasteiger partial charge in [0, 0.05) is 13.6 Å². The van der Waals surface area contributed by atoms with Crippen molar-refractivity contribution >= 4 is 17.0 Å². The largest absolute Gasteiger partial charge is 0.394 e. The van der Waals surface area contributed by atoms with E-state index in [0.29, 0.717) is 0 Å². The van der Waals surface area contributed by atoms with Crippen molar-refractivity contribution in [3.63, 3.8) is 0 Å². The minimum atomic E-state index is 0.206. The molecule has 102 valence electrons. The van der Waals surface area contributed by atoms with Crippen LogP contribution in [-0.2, 0) is 7.05 Å². The number of anilines is 1. The Kier molecular flexibility index (Phi) is 3.42. The molecule has 2 aromatic rings. The molecular weight excluding hydrogens is 238 g/mol. The van der Waals surface area contributed by atoms with Crippen molar-refractivity contribution < 1.29 is 5.11 Å². The maximum absolute atomic E-state index is 9.63. The van der Waals surface area contributed by atoms with Crippen LogP contribution in [0.5, 0.6) is 0 Å². The predicted molar refractivity (Wildman–Crippen MR) is 77.4 cm³/mol.